The molecule has 3 N–H and O–H groups in total. The minimum absolute atomic E-state index is 0. The number of benzene rings is 1. The van der Waals surface area contributed by atoms with Crippen molar-refractivity contribution >= 4 is 51.9 Å². The second-order valence-corrected chi connectivity index (χ2v) is 11.1. The number of nitrogens with one attached hydrogen (secondary N) is 1. The van der Waals surface area contributed by atoms with E-state index in [0.29, 0.717) is 44.1 Å². The third-order valence-corrected chi connectivity index (χ3v) is 8.31. The zero-order valence-corrected chi connectivity index (χ0v) is 24.0. The van der Waals surface area contributed by atoms with Gasteiger partial charge in [0.25, 0.3) is 5.91 Å². The number of hydrogen-bond donors (Lipinski definition) is 2. The fourth-order valence-electron chi connectivity index (χ4n) is 4.17. The van der Waals surface area contributed by atoms with E-state index in [1.807, 2.05) is 0 Å². The SMILES string of the molecule is Cl.Nc1ncc(-c2ccc(S(=O)(=O)N3CCCC3)cc2)nc1C(=O)NCCN1CCOCC1.[Li][CH2]CCC. The first-order chi connectivity index (χ1) is 17.9. The van der Waals surface area contributed by atoms with Crippen LogP contribution >= 0.6 is 12.4 Å². The molecule has 1 aromatic heterocycles. The molecule has 1 amide bonds. The van der Waals surface area contributed by atoms with E-state index in [2.05, 4.69) is 44.8 Å². The standard InChI is InChI=1S/C21H28N6O4S.C4H9.ClH.Li/c22-20-19(21(28)23-7-10-26-11-13-31-14-12-26)25-18(15-24-20)16-3-5-17(6-4-16)32(29,30)27-8-1-2-9-27;1-3-4-2;;/h3-6,15H,1-2,7-14H2,(H2,22,24)(H,23,28);1,3-4H2,2H3;1H;. The zero-order chi connectivity index (χ0) is 26.7. The van der Waals surface area contributed by atoms with Crippen LogP contribution < -0.4 is 11.1 Å². The molecule has 2 aliphatic rings. The summed E-state index contributed by atoms with van der Waals surface area (Å²) in [7, 11) is -3.48. The van der Waals surface area contributed by atoms with E-state index < -0.39 is 15.9 Å². The molecule has 2 fully saturated rings. The molecule has 3 heterocycles. The van der Waals surface area contributed by atoms with Crippen molar-refractivity contribution in [3.05, 3.63) is 36.2 Å². The topological polar surface area (TPSA) is 131 Å². The van der Waals surface area contributed by atoms with E-state index >= 15 is 0 Å². The summed E-state index contributed by atoms with van der Waals surface area (Å²) >= 11 is 2.21. The van der Waals surface area contributed by atoms with E-state index in [4.69, 9.17) is 10.5 Å². The number of carbonyl (C=O) groups is 1. The third-order valence-electron chi connectivity index (χ3n) is 6.39. The number of carbonyl (C=O) groups excluding carboxylic acids is 1. The molecule has 0 atom stereocenters. The Labute approximate surface area is 241 Å². The molecule has 2 saturated heterocycles. The average molecular weight is 561 g/mol. The van der Waals surface area contributed by atoms with Crippen molar-refractivity contribution in [2.24, 2.45) is 0 Å². The molecule has 0 unspecified atom stereocenters. The van der Waals surface area contributed by atoms with Gasteiger partial charge in [-0.2, -0.15) is 4.31 Å². The summed E-state index contributed by atoms with van der Waals surface area (Å²) in [5.41, 5.74) is 7.04. The van der Waals surface area contributed by atoms with E-state index in [1.54, 1.807) is 24.3 Å². The van der Waals surface area contributed by atoms with Crippen LogP contribution in [0.4, 0.5) is 5.82 Å². The Morgan fingerprint density at radius 3 is 2.37 bits per heavy atom. The summed E-state index contributed by atoms with van der Waals surface area (Å²) < 4.78 is 32.2. The van der Waals surface area contributed by atoms with Crippen LogP contribution in [0.25, 0.3) is 11.3 Å². The van der Waals surface area contributed by atoms with Crippen LogP contribution in [0, 0.1) is 0 Å². The summed E-state index contributed by atoms with van der Waals surface area (Å²) in [4.78, 5) is 23.6. The Morgan fingerprint density at radius 1 is 1.13 bits per heavy atom. The Hall–Kier alpha value is -1.71. The van der Waals surface area contributed by atoms with Gasteiger partial charge in [-0.1, -0.05) is 12.1 Å². The molecule has 0 bridgehead atoms. The summed E-state index contributed by atoms with van der Waals surface area (Å²) in [6, 6.07) is 6.46. The quantitative estimate of drug-likeness (QED) is 0.447. The zero-order valence-electron chi connectivity index (χ0n) is 22.4. The van der Waals surface area contributed by atoms with Crippen LogP contribution in [-0.4, -0.2) is 104 Å². The summed E-state index contributed by atoms with van der Waals surface area (Å²) in [6.45, 7) is 7.59. The number of nitrogen functional groups attached to an aromatic ring is 1. The first-order valence-corrected chi connectivity index (χ1v) is 14.6. The number of halogens is 1. The number of nitrogens with two attached hydrogens (primary N) is 1. The van der Waals surface area contributed by atoms with Gasteiger partial charge in [-0.25, -0.2) is 18.4 Å². The first-order valence-electron chi connectivity index (χ1n) is 13.2. The summed E-state index contributed by atoms with van der Waals surface area (Å²) in [6.07, 6.45) is 5.98. The van der Waals surface area contributed by atoms with Gasteiger partial charge in [-0.05, 0) is 25.0 Å². The second-order valence-electron chi connectivity index (χ2n) is 9.19. The van der Waals surface area contributed by atoms with Gasteiger partial charge in [0.15, 0.2) is 11.5 Å². The third kappa shape index (κ3) is 9.19. The predicted octanol–water partition coefficient (Wildman–Crippen LogP) is 2.37. The van der Waals surface area contributed by atoms with Gasteiger partial charge in [0.2, 0.25) is 10.0 Å². The van der Waals surface area contributed by atoms with Gasteiger partial charge in [0.05, 0.1) is 30.0 Å². The predicted molar refractivity (Wildman–Crippen MR) is 152 cm³/mol. The van der Waals surface area contributed by atoms with Gasteiger partial charge in [-0.3, -0.25) is 9.69 Å². The van der Waals surface area contributed by atoms with Crippen molar-refractivity contribution in [2.45, 2.75) is 42.6 Å². The maximum absolute atomic E-state index is 12.7. The Balaban J connectivity index is 0.000000774. The molecule has 206 valence electrons. The van der Waals surface area contributed by atoms with Gasteiger partial charge in [0.1, 0.15) is 0 Å². The minimum atomic E-state index is -3.48. The molecule has 10 nitrogen and oxygen atoms in total. The number of sulfonamides is 1. The van der Waals surface area contributed by atoms with Crippen molar-refractivity contribution in [3.63, 3.8) is 0 Å². The van der Waals surface area contributed by atoms with Crippen LogP contribution in [0.3, 0.4) is 0 Å². The van der Waals surface area contributed by atoms with E-state index in [-0.39, 0.29) is 28.8 Å². The van der Waals surface area contributed by atoms with Crippen molar-refractivity contribution in [1.82, 2.24) is 24.5 Å². The molecule has 38 heavy (non-hydrogen) atoms. The summed E-state index contributed by atoms with van der Waals surface area (Å²) in [5.74, 6) is -0.343. The number of nitrogens with zero attached hydrogens (tertiary/aromatic N) is 4. The number of hydrogen-bond acceptors (Lipinski definition) is 8. The Kier molecular flexibility index (Phi) is 14.0. The first kappa shape index (κ1) is 32.5. The molecular formula is C25H38ClLiN6O4S. The molecule has 1 aromatic carbocycles. The second kappa shape index (κ2) is 16.4. The molecule has 4 rings (SSSR count). The molecule has 2 aromatic rings. The van der Waals surface area contributed by atoms with Crippen LogP contribution in [0.15, 0.2) is 35.4 Å². The van der Waals surface area contributed by atoms with Crippen molar-refractivity contribution in [2.75, 3.05) is 58.2 Å². The molecule has 2 aliphatic heterocycles. The maximum atomic E-state index is 12.7. The number of ether oxygens (including phenoxy) is 1. The van der Waals surface area contributed by atoms with Gasteiger partial charge in [-0.15, -0.1) is 12.4 Å². The van der Waals surface area contributed by atoms with E-state index in [0.717, 1.165) is 32.5 Å². The molecular weight excluding hydrogens is 523 g/mol. The van der Waals surface area contributed by atoms with Gasteiger partial charge < -0.3 is 15.8 Å². The van der Waals surface area contributed by atoms with Crippen LogP contribution in [0.5, 0.6) is 0 Å². The van der Waals surface area contributed by atoms with E-state index in [9.17, 15) is 13.2 Å². The number of unbranched alkanes of at least 4 members (excludes halogenated alkanes) is 1. The molecule has 0 saturated carbocycles. The molecule has 0 aliphatic carbocycles. The Morgan fingerprint density at radius 2 is 1.79 bits per heavy atom. The van der Waals surface area contributed by atoms with Crippen molar-refractivity contribution < 1.29 is 17.9 Å². The molecule has 0 spiro atoms. The summed E-state index contributed by atoms with van der Waals surface area (Å²) in [5, 5.41) is 4.18. The van der Waals surface area contributed by atoms with Gasteiger partial charge in [0, 0.05) is 44.8 Å². The van der Waals surface area contributed by atoms with Crippen LogP contribution in [0.1, 0.15) is 43.1 Å². The van der Waals surface area contributed by atoms with Crippen LogP contribution in [-0.2, 0) is 14.8 Å². The number of aromatic nitrogens is 2. The molecule has 0 radical (unpaired) electrons. The number of amides is 1. The fourth-order valence-corrected chi connectivity index (χ4v) is 5.69. The van der Waals surface area contributed by atoms with E-state index in [1.165, 1.54) is 28.4 Å². The van der Waals surface area contributed by atoms with Crippen molar-refractivity contribution in [1.29, 1.82) is 0 Å². The number of morpholine rings is 1. The molecule has 13 heteroatoms. The average Bonchev–Trinajstić information content (AvgIpc) is 3.47. The normalized spacial score (nSPS) is 16.3. The van der Waals surface area contributed by atoms with Gasteiger partial charge >= 0.3 is 42.6 Å². The Bertz CT molecular complexity index is 1110. The fraction of sp³-hybridized carbons (Fsp3) is 0.560. The monoisotopic (exact) mass is 560 g/mol. The number of anilines is 1. The van der Waals surface area contributed by atoms with Crippen molar-refractivity contribution in [3.8, 4) is 11.3 Å². The van der Waals surface area contributed by atoms with Crippen LogP contribution in [0.2, 0.25) is 5.09 Å². The number of rotatable bonds is 9.